The Morgan fingerprint density at radius 3 is 2.45 bits per heavy atom. The van der Waals surface area contributed by atoms with Crippen LogP contribution in [0, 0.1) is 11.8 Å². The molecule has 3 unspecified atom stereocenters. The zero-order chi connectivity index (χ0) is 16.7. The van der Waals surface area contributed by atoms with E-state index in [0.717, 1.165) is 34.6 Å². The second kappa shape index (κ2) is 6.00. The maximum atomic E-state index is 12.5. The van der Waals surface area contributed by atoms with Gasteiger partial charge in [-0.25, -0.2) is 17.9 Å². The molecule has 8 heteroatoms. The Morgan fingerprint density at radius 2 is 1.82 bits per heavy atom. The number of nitrogens with one attached hydrogen (secondary N) is 1. The summed E-state index contributed by atoms with van der Waals surface area (Å²) in [6.45, 7) is 4.13. The normalized spacial score (nSPS) is 26.1. The molecule has 0 aliphatic heterocycles. The van der Waals surface area contributed by atoms with Crippen LogP contribution in [0.2, 0.25) is 0 Å². The predicted molar refractivity (Wildman–Crippen MR) is 83.2 cm³/mol. The highest BCUT2D eigenvalue weighted by Crippen LogP contribution is 2.30. The van der Waals surface area contributed by atoms with Crippen LogP contribution in [0.15, 0.2) is 20.7 Å². The Bertz CT molecular complexity index is 778. The summed E-state index contributed by atoms with van der Waals surface area (Å²) in [5, 5.41) is 0. The van der Waals surface area contributed by atoms with Gasteiger partial charge < -0.3 is 4.57 Å². The molecule has 7 nitrogen and oxygen atoms in total. The summed E-state index contributed by atoms with van der Waals surface area (Å²) in [6, 6.07) is -0.185. The van der Waals surface area contributed by atoms with Gasteiger partial charge in [-0.3, -0.25) is 9.36 Å². The Morgan fingerprint density at radius 1 is 1.18 bits per heavy atom. The van der Waals surface area contributed by atoms with Crippen molar-refractivity contribution < 1.29 is 8.42 Å². The van der Waals surface area contributed by atoms with Crippen molar-refractivity contribution in [3.8, 4) is 0 Å². The minimum atomic E-state index is -3.95. The molecular weight excluding hydrogens is 306 g/mol. The van der Waals surface area contributed by atoms with E-state index < -0.39 is 21.3 Å². The highest BCUT2D eigenvalue weighted by molar-refractivity contribution is 7.89. The third kappa shape index (κ3) is 3.03. The monoisotopic (exact) mass is 329 g/mol. The van der Waals surface area contributed by atoms with Crippen LogP contribution in [0.4, 0.5) is 0 Å². The standard InChI is InChI=1S/C14H23N3O4S/c1-9-6-5-7-11(10(9)2)15-22(20,21)12-8-16(3)14(19)17(4)13(12)18/h8-11,15H,5-7H2,1-4H3. The first kappa shape index (κ1) is 17.0. The van der Waals surface area contributed by atoms with E-state index in [2.05, 4.69) is 11.6 Å². The zero-order valence-corrected chi connectivity index (χ0v) is 14.2. The molecule has 0 bridgehead atoms. The lowest BCUT2D eigenvalue weighted by molar-refractivity contribution is 0.227. The van der Waals surface area contributed by atoms with Gasteiger partial charge in [0.2, 0.25) is 10.0 Å². The minimum absolute atomic E-state index is 0.185. The molecule has 0 spiro atoms. The summed E-state index contributed by atoms with van der Waals surface area (Å²) >= 11 is 0. The molecule has 1 heterocycles. The average Bonchev–Trinajstić information content (AvgIpc) is 2.45. The summed E-state index contributed by atoms with van der Waals surface area (Å²) in [7, 11) is -1.26. The van der Waals surface area contributed by atoms with Gasteiger partial charge in [0.15, 0.2) is 4.90 Å². The molecule has 124 valence electrons. The highest BCUT2D eigenvalue weighted by atomic mass is 32.2. The number of hydrogen-bond donors (Lipinski definition) is 1. The molecule has 22 heavy (non-hydrogen) atoms. The molecule has 0 saturated heterocycles. The van der Waals surface area contributed by atoms with E-state index in [-0.39, 0.29) is 16.9 Å². The smallest absolute Gasteiger partial charge is 0.302 e. The maximum absolute atomic E-state index is 12.5. The van der Waals surface area contributed by atoms with Crippen LogP contribution in [0.1, 0.15) is 33.1 Å². The fourth-order valence-corrected chi connectivity index (χ4v) is 4.49. The molecule has 1 aromatic heterocycles. The maximum Gasteiger partial charge on any atom is 0.330 e. The second-order valence-electron chi connectivity index (χ2n) is 6.25. The number of rotatable bonds is 3. The van der Waals surface area contributed by atoms with Gasteiger partial charge in [-0.05, 0) is 18.3 Å². The van der Waals surface area contributed by atoms with Crippen LogP contribution >= 0.6 is 0 Å². The summed E-state index contributed by atoms with van der Waals surface area (Å²) in [5.74, 6) is 0.643. The van der Waals surface area contributed by atoms with E-state index in [1.165, 1.54) is 14.1 Å². The van der Waals surface area contributed by atoms with E-state index in [1.807, 2.05) is 6.92 Å². The lowest BCUT2D eigenvalue weighted by Gasteiger charge is -2.34. The first-order valence-corrected chi connectivity index (χ1v) is 8.92. The molecule has 1 saturated carbocycles. The van der Waals surface area contributed by atoms with E-state index in [0.29, 0.717) is 5.92 Å². The molecule has 0 amide bonds. The topological polar surface area (TPSA) is 90.2 Å². The summed E-state index contributed by atoms with van der Waals surface area (Å²) in [4.78, 5) is 23.4. The Balaban J connectivity index is 2.40. The van der Waals surface area contributed by atoms with Gasteiger partial charge in [-0.2, -0.15) is 0 Å². The first-order valence-electron chi connectivity index (χ1n) is 7.44. The van der Waals surface area contributed by atoms with Crippen molar-refractivity contribution in [1.29, 1.82) is 0 Å². The Hall–Kier alpha value is -1.41. The van der Waals surface area contributed by atoms with Gasteiger partial charge in [0.25, 0.3) is 5.56 Å². The van der Waals surface area contributed by atoms with Gasteiger partial charge in [-0.1, -0.05) is 26.7 Å². The predicted octanol–water partition coefficient (Wildman–Crippen LogP) is 0.187. The Labute approximate surface area is 130 Å². The van der Waals surface area contributed by atoms with Crippen LogP contribution in [-0.2, 0) is 24.1 Å². The van der Waals surface area contributed by atoms with Crippen LogP contribution in [0.3, 0.4) is 0 Å². The Kier molecular flexibility index (Phi) is 4.62. The minimum Gasteiger partial charge on any atom is -0.302 e. The van der Waals surface area contributed by atoms with Crippen molar-refractivity contribution in [1.82, 2.24) is 13.9 Å². The number of aryl methyl sites for hydroxylation is 1. The van der Waals surface area contributed by atoms with Crippen LogP contribution < -0.4 is 16.0 Å². The molecule has 2 rings (SSSR count). The third-order valence-corrected chi connectivity index (χ3v) is 6.19. The molecule has 1 N–H and O–H groups in total. The fourth-order valence-electron chi connectivity index (χ4n) is 2.97. The van der Waals surface area contributed by atoms with Crippen molar-refractivity contribution in [2.24, 2.45) is 25.9 Å². The van der Waals surface area contributed by atoms with Crippen molar-refractivity contribution in [3.63, 3.8) is 0 Å². The number of nitrogens with zero attached hydrogens (tertiary/aromatic N) is 2. The van der Waals surface area contributed by atoms with Gasteiger partial charge >= 0.3 is 5.69 Å². The first-order chi connectivity index (χ1) is 10.1. The quantitative estimate of drug-likeness (QED) is 0.857. The van der Waals surface area contributed by atoms with Crippen molar-refractivity contribution in [2.45, 2.75) is 44.0 Å². The van der Waals surface area contributed by atoms with Crippen LogP contribution in [0.5, 0.6) is 0 Å². The van der Waals surface area contributed by atoms with Gasteiger partial charge in [0.1, 0.15) is 0 Å². The van der Waals surface area contributed by atoms with E-state index in [1.54, 1.807) is 0 Å². The highest BCUT2D eigenvalue weighted by Gasteiger charge is 2.32. The van der Waals surface area contributed by atoms with Crippen LogP contribution in [-0.4, -0.2) is 23.6 Å². The summed E-state index contributed by atoms with van der Waals surface area (Å²) in [5.41, 5.74) is -1.35. The molecule has 1 aliphatic rings. The molecular formula is C14H23N3O4S. The lowest BCUT2D eigenvalue weighted by Crippen LogP contribution is -2.47. The average molecular weight is 329 g/mol. The van der Waals surface area contributed by atoms with Crippen molar-refractivity contribution in [2.75, 3.05) is 0 Å². The van der Waals surface area contributed by atoms with Crippen molar-refractivity contribution in [3.05, 3.63) is 27.0 Å². The molecule has 1 aromatic rings. The molecule has 0 radical (unpaired) electrons. The zero-order valence-electron chi connectivity index (χ0n) is 13.4. The summed E-state index contributed by atoms with van der Waals surface area (Å²) in [6.07, 6.45) is 3.89. The van der Waals surface area contributed by atoms with Gasteiger partial charge in [0, 0.05) is 26.3 Å². The van der Waals surface area contributed by atoms with E-state index in [9.17, 15) is 18.0 Å². The molecule has 1 fully saturated rings. The van der Waals surface area contributed by atoms with Gasteiger partial charge in [-0.15, -0.1) is 0 Å². The van der Waals surface area contributed by atoms with Crippen molar-refractivity contribution >= 4 is 10.0 Å². The molecule has 3 atom stereocenters. The van der Waals surface area contributed by atoms with Crippen LogP contribution in [0.25, 0.3) is 0 Å². The largest absolute Gasteiger partial charge is 0.330 e. The third-order valence-electron chi connectivity index (χ3n) is 4.72. The number of hydrogen-bond acceptors (Lipinski definition) is 4. The molecule has 0 aromatic carbocycles. The summed E-state index contributed by atoms with van der Waals surface area (Å²) < 4.78 is 29.7. The van der Waals surface area contributed by atoms with Gasteiger partial charge in [0.05, 0.1) is 0 Å². The fraction of sp³-hybridized carbons (Fsp3) is 0.714. The molecule has 1 aliphatic carbocycles. The number of sulfonamides is 1. The van der Waals surface area contributed by atoms with E-state index in [4.69, 9.17) is 0 Å². The number of aromatic nitrogens is 2. The SMILES string of the molecule is CC1CCCC(NS(=O)(=O)c2cn(C)c(=O)n(C)c2=O)C1C. The van der Waals surface area contributed by atoms with E-state index >= 15 is 0 Å². The second-order valence-corrected chi connectivity index (χ2v) is 7.93. The lowest BCUT2D eigenvalue weighted by atomic mass is 9.78.